The van der Waals surface area contributed by atoms with Gasteiger partial charge in [0.15, 0.2) is 5.82 Å². The number of aryl methyl sites for hydroxylation is 2. The van der Waals surface area contributed by atoms with Crippen LogP contribution in [0.15, 0.2) is 65.5 Å². The molecule has 3 heterocycles. The Morgan fingerprint density at radius 2 is 1.72 bits per heavy atom. The van der Waals surface area contributed by atoms with Gasteiger partial charge in [-0.25, -0.2) is 18.2 Å². The summed E-state index contributed by atoms with van der Waals surface area (Å²) < 4.78 is 45.0. The van der Waals surface area contributed by atoms with Crippen LogP contribution in [0.5, 0.6) is 5.75 Å². The zero-order valence-corrected chi connectivity index (χ0v) is 27.4. The van der Waals surface area contributed by atoms with E-state index in [1.807, 2.05) is 37.3 Å². The van der Waals surface area contributed by atoms with Gasteiger partial charge in [0.25, 0.3) is 5.91 Å². The topological polar surface area (TPSA) is 189 Å². The number of imide groups is 1. The van der Waals surface area contributed by atoms with Crippen LogP contribution in [0.3, 0.4) is 0 Å². The average Bonchev–Trinajstić information content (AvgIpc) is 3.46. The lowest BCUT2D eigenvalue weighted by Crippen LogP contribution is -2.44. The summed E-state index contributed by atoms with van der Waals surface area (Å²) in [7, 11) is -2.73. The number of rotatable bonds is 6. The number of aromatic hydroxyl groups is 1. The third-order valence-electron chi connectivity index (χ3n) is 9.02. The highest BCUT2D eigenvalue weighted by molar-refractivity contribution is 7.92. The molecule has 4 amide bonds. The van der Waals surface area contributed by atoms with Crippen LogP contribution >= 0.6 is 0 Å². The molecule has 2 saturated heterocycles. The standard InChI is InChI=1S/C34H29FN6O8S/c1-17-11-19(20-5-8-24-26(13-20)39(2)34(47)41(24)25-9-10-28(43)37-33(25)46)4-3-18(17)15-29(44)36-22-6-7-23-21(12-22)14-27(42)32(31(23)35)40-16-30(45)38-50(40,48)49/h3-8,11-14,25,42H,9-10,15-16H2,1-2H3,(H,36,44)(H,38,45)(H,37,43,46). The summed E-state index contributed by atoms with van der Waals surface area (Å²) in [5.41, 5.74) is 3.71. The molecule has 1 atom stereocenters. The monoisotopic (exact) mass is 700 g/mol. The van der Waals surface area contributed by atoms with Crippen molar-refractivity contribution in [3.05, 3.63) is 88.1 Å². The number of carbonyl (C=O) groups is 4. The first-order chi connectivity index (χ1) is 23.7. The maximum absolute atomic E-state index is 15.4. The summed E-state index contributed by atoms with van der Waals surface area (Å²) in [5, 5.41) is 15.7. The van der Waals surface area contributed by atoms with Gasteiger partial charge in [0.2, 0.25) is 17.7 Å². The Morgan fingerprint density at radius 3 is 2.42 bits per heavy atom. The zero-order valence-electron chi connectivity index (χ0n) is 26.6. The van der Waals surface area contributed by atoms with E-state index >= 15 is 4.39 Å². The van der Waals surface area contributed by atoms with E-state index in [2.05, 4.69) is 10.6 Å². The number of amides is 4. The molecular formula is C34H29FN6O8S. The molecule has 2 aliphatic rings. The predicted molar refractivity (Wildman–Crippen MR) is 181 cm³/mol. The highest BCUT2D eigenvalue weighted by Crippen LogP contribution is 2.39. The zero-order chi connectivity index (χ0) is 35.6. The third-order valence-corrected chi connectivity index (χ3v) is 10.4. The van der Waals surface area contributed by atoms with Crippen LogP contribution in [0.1, 0.15) is 30.0 Å². The maximum Gasteiger partial charge on any atom is 0.329 e. The van der Waals surface area contributed by atoms with Crippen molar-refractivity contribution in [2.75, 3.05) is 16.2 Å². The highest BCUT2D eigenvalue weighted by Gasteiger charge is 2.38. The van der Waals surface area contributed by atoms with Gasteiger partial charge in [-0.3, -0.25) is 33.6 Å². The molecule has 16 heteroatoms. The largest absolute Gasteiger partial charge is 0.506 e. The van der Waals surface area contributed by atoms with Crippen molar-refractivity contribution in [1.29, 1.82) is 0 Å². The molecule has 0 aliphatic carbocycles. The van der Waals surface area contributed by atoms with Gasteiger partial charge < -0.3 is 10.4 Å². The molecule has 0 radical (unpaired) electrons. The molecular weight excluding hydrogens is 671 g/mol. The highest BCUT2D eigenvalue weighted by atomic mass is 32.2. The van der Waals surface area contributed by atoms with Crippen molar-refractivity contribution < 1.29 is 37.1 Å². The second-order valence-corrected chi connectivity index (χ2v) is 13.9. The van der Waals surface area contributed by atoms with Crippen LogP contribution in [0, 0.1) is 12.7 Å². The first kappa shape index (κ1) is 32.5. The third kappa shape index (κ3) is 5.52. The molecule has 14 nitrogen and oxygen atoms in total. The molecule has 50 heavy (non-hydrogen) atoms. The van der Waals surface area contributed by atoms with Crippen molar-refractivity contribution in [2.24, 2.45) is 7.05 Å². The predicted octanol–water partition coefficient (Wildman–Crippen LogP) is 2.65. The molecule has 1 aromatic heterocycles. The summed E-state index contributed by atoms with van der Waals surface area (Å²) in [6.45, 7) is 1.19. The Hall–Kier alpha value is -6.03. The summed E-state index contributed by atoms with van der Waals surface area (Å²) in [6, 6.07) is 15.7. The lowest BCUT2D eigenvalue weighted by molar-refractivity contribution is -0.135. The SMILES string of the molecule is Cc1cc(-c2ccc3c(c2)n(C)c(=O)n3C2CCC(=O)NC2=O)ccc1CC(=O)Nc1ccc2c(F)c(N3CC(=O)NS3(=O)=O)c(O)cc2c1. The molecule has 5 aromatic rings. The van der Waals surface area contributed by atoms with E-state index in [-0.39, 0.29) is 47.5 Å². The number of nitrogens with zero attached hydrogens (tertiary/aromatic N) is 3. The van der Waals surface area contributed by atoms with Crippen molar-refractivity contribution in [2.45, 2.75) is 32.2 Å². The second-order valence-electron chi connectivity index (χ2n) is 12.3. The summed E-state index contributed by atoms with van der Waals surface area (Å²) in [6.07, 6.45) is 0.393. The molecule has 0 bridgehead atoms. The van der Waals surface area contributed by atoms with Crippen LogP contribution in [0.25, 0.3) is 32.9 Å². The molecule has 1 unspecified atom stereocenters. The number of hydrogen-bond donors (Lipinski definition) is 4. The number of halogens is 1. The number of benzene rings is 4. The second kappa shape index (κ2) is 11.8. The van der Waals surface area contributed by atoms with Crippen molar-refractivity contribution in [3.63, 3.8) is 0 Å². The number of phenols is 1. The number of anilines is 2. The van der Waals surface area contributed by atoms with Gasteiger partial charge in [-0.2, -0.15) is 8.42 Å². The molecule has 256 valence electrons. The van der Waals surface area contributed by atoms with Gasteiger partial charge in [-0.1, -0.05) is 24.3 Å². The molecule has 4 aromatic carbocycles. The van der Waals surface area contributed by atoms with E-state index in [0.717, 1.165) is 28.3 Å². The van der Waals surface area contributed by atoms with Crippen molar-refractivity contribution >= 4 is 67.0 Å². The number of imidazole rings is 1. The number of phenolic OH excluding ortho intramolecular Hbond substituents is 1. The lowest BCUT2D eigenvalue weighted by atomic mass is 9.97. The number of fused-ring (bicyclic) bond motifs is 2. The van der Waals surface area contributed by atoms with E-state index in [1.54, 1.807) is 17.8 Å². The fourth-order valence-electron chi connectivity index (χ4n) is 6.52. The number of nitrogens with one attached hydrogen (secondary N) is 3. The van der Waals surface area contributed by atoms with Gasteiger partial charge in [-0.05, 0) is 77.4 Å². The Morgan fingerprint density at radius 1 is 0.980 bits per heavy atom. The van der Waals surface area contributed by atoms with Gasteiger partial charge in [0.1, 0.15) is 24.0 Å². The Bertz CT molecular complexity index is 2510. The first-order valence-electron chi connectivity index (χ1n) is 15.4. The Balaban J connectivity index is 1.09. The molecule has 4 N–H and O–H groups in total. The van der Waals surface area contributed by atoms with Gasteiger partial charge in [0, 0.05) is 24.5 Å². The minimum Gasteiger partial charge on any atom is -0.506 e. The van der Waals surface area contributed by atoms with E-state index in [9.17, 15) is 37.5 Å². The van der Waals surface area contributed by atoms with E-state index < -0.39 is 51.9 Å². The van der Waals surface area contributed by atoms with Crippen LogP contribution in [-0.4, -0.2) is 52.8 Å². The van der Waals surface area contributed by atoms with E-state index in [1.165, 1.54) is 27.3 Å². The number of aromatic nitrogens is 2. The molecule has 2 aliphatic heterocycles. The van der Waals surface area contributed by atoms with Crippen LogP contribution < -0.4 is 25.4 Å². The first-order valence-corrected chi connectivity index (χ1v) is 16.9. The maximum atomic E-state index is 15.4. The van der Waals surface area contributed by atoms with Gasteiger partial charge in [0.05, 0.1) is 17.5 Å². The van der Waals surface area contributed by atoms with Crippen LogP contribution in [0.2, 0.25) is 0 Å². The summed E-state index contributed by atoms with van der Waals surface area (Å²) in [5.74, 6) is -3.82. The number of piperidine rings is 1. The number of carbonyl (C=O) groups excluding carboxylic acids is 4. The smallest absolute Gasteiger partial charge is 0.329 e. The fourth-order valence-corrected chi connectivity index (χ4v) is 7.69. The van der Waals surface area contributed by atoms with Gasteiger partial charge in [-0.15, -0.1) is 0 Å². The van der Waals surface area contributed by atoms with Crippen molar-refractivity contribution in [3.8, 4) is 16.9 Å². The average molecular weight is 701 g/mol. The van der Waals surface area contributed by atoms with Gasteiger partial charge >= 0.3 is 15.9 Å². The molecule has 0 saturated carbocycles. The van der Waals surface area contributed by atoms with Crippen LogP contribution in [-0.2, 0) is 42.9 Å². The minimum absolute atomic E-state index is 0.0128. The van der Waals surface area contributed by atoms with Crippen LogP contribution in [0.4, 0.5) is 15.8 Å². The Kier molecular flexibility index (Phi) is 7.70. The number of hydrogen-bond acceptors (Lipinski definition) is 8. The molecule has 2 fully saturated rings. The van der Waals surface area contributed by atoms with Crippen molar-refractivity contribution in [1.82, 2.24) is 19.2 Å². The normalized spacial score (nSPS) is 17.3. The minimum atomic E-state index is -4.35. The van der Waals surface area contributed by atoms with E-state index in [4.69, 9.17) is 0 Å². The summed E-state index contributed by atoms with van der Waals surface area (Å²) in [4.78, 5) is 62.0. The Labute approximate surface area is 283 Å². The summed E-state index contributed by atoms with van der Waals surface area (Å²) >= 11 is 0. The quantitative estimate of drug-likeness (QED) is 0.195. The molecule has 0 spiro atoms. The lowest BCUT2D eigenvalue weighted by Gasteiger charge is -2.21. The molecule has 7 rings (SSSR count). The fraction of sp³-hybridized carbons (Fsp3) is 0.206. The van der Waals surface area contributed by atoms with E-state index in [0.29, 0.717) is 21.0 Å².